The summed E-state index contributed by atoms with van der Waals surface area (Å²) >= 11 is 2.87. The van der Waals surface area contributed by atoms with Crippen LogP contribution in [0, 0.1) is 5.92 Å². The minimum atomic E-state index is -1.13. The van der Waals surface area contributed by atoms with Gasteiger partial charge in [-0.15, -0.1) is 11.3 Å². The standard InChI is InChI=1S/C41H55N7O6S2/c1-5-55-39(30(2)3)43-18-19-47(4)40(51)46-36(26-37(49)48-20-22-53-23-21-48)38(50)44-33(24-31-12-8-6-9-13-31)16-17-34(25-32-14-10-7-11-15-32)45-41(52)54-28-35-27-42-29-56-35/h5-15,27,29-30,33-34,36H,1,16-26,28H2,2-4H3,(H,44,50)(H,45,52)(H,46,51)/b43-39-. The highest BCUT2D eigenvalue weighted by Crippen LogP contribution is 2.16. The number of morpholine rings is 1. The van der Waals surface area contributed by atoms with Crippen molar-refractivity contribution in [3.63, 3.8) is 0 Å². The number of nitrogens with one attached hydrogen (secondary N) is 3. The molecule has 3 aromatic rings. The van der Waals surface area contributed by atoms with Gasteiger partial charge >= 0.3 is 12.1 Å². The van der Waals surface area contributed by atoms with Gasteiger partial charge in [-0.2, -0.15) is 0 Å². The molecular weight excluding hydrogens is 751 g/mol. The fourth-order valence-electron chi connectivity index (χ4n) is 6.05. The maximum atomic E-state index is 14.2. The maximum absolute atomic E-state index is 14.2. The summed E-state index contributed by atoms with van der Waals surface area (Å²) in [6, 6.07) is 17.3. The zero-order valence-corrected chi connectivity index (χ0v) is 34.2. The minimum absolute atomic E-state index is 0.118. The summed E-state index contributed by atoms with van der Waals surface area (Å²) in [4.78, 5) is 66.8. The predicted octanol–water partition coefficient (Wildman–Crippen LogP) is 5.68. The number of carbonyl (C=O) groups excluding carboxylic acids is 4. The highest BCUT2D eigenvalue weighted by Gasteiger charge is 2.30. The lowest BCUT2D eigenvalue weighted by Gasteiger charge is -2.30. The van der Waals surface area contributed by atoms with Crippen LogP contribution in [0.3, 0.4) is 0 Å². The van der Waals surface area contributed by atoms with Crippen molar-refractivity contribution >= 4 is 52.1 Å². The third kappa shape index (κ3) is 15.8. The number of likely N-dealkylation sites (N-methyl/N-ethyl adjacent to an activating group) is 1. The average molecular weight is 806 g/mol. The van der Waals surface area contributed by atoms with Crippen LogP contribution in [0.2, 0.25) is 0 Å². The highest BCUT2D eigenvalue weighted by atomic mass is 32.2. The fraction of sp³-hybridized carbons (Fsp3) is 0.463. The summed E-state index contributed by atoms with van der Waals surface area (Å²) in [5.74, 6) is -0.492. The topological polar surface area (TPSA) is 155 Å². The first-order chi connectivity index (χ1) is 27.1. The van der Waals surface area contributed by atoms with Crippen molar-refractivity contribution in [1.29, 1.82) is 0 Å². The van der Waals surface area contributed by atoms with E-state index in [0.717, 1.165) is 21.0 Å². The van der Waals surface area contributed by atoms with E-state index in [-0.39, 0.29) is 36.9 Å². The van der Waals surface area contributed by atoms with Gasteiger partial charge in [0, 0.05) is 50.9 Å². The van der Waals surface area contributed by atoms with E-state index in [4.69, 9.17) is 9.47 Å². The van der Waals surface area contributed by atoms with Crippen molar-refractivity contribution in [2.45, 2.75) is 70.7 Å². The molecule has 13 nitrogen and oxygen atoms in total. The first kappa shape index (κ1) is 44.0. The van der Waals surface area contributed by atoms with E-state index in [2.05, 4.69) is 32.5 Å². The Balaban J connectivity index is 1.49. The van der Waals surface area contributed by atoms with Crippen molar-refractivity contribution in [1.82, 2.24) is 30.7 Å². The van der Waals surface area contributed by atoms with Gasteiger partial charge in [-0.3, -0.25) is 19.6 Å². The Hall–Kier alpha value is -4.73. The number of carbonyl (C=O) groups is 4. The summed E-state index contributed by atoms with van der Waals surface area (Å²) in [6.45, 7) is 10.3. The van der Waals surface area contributed by atoms with Gasteiger partial charge in [-0.1, -0.05) is 92.9 Å². The number of thioether (sulfide) groups is 1. The van der Waals surface area contributed by atoms with Crippen LogP contribution >= 0.6 is 23.1 Å². The molecule has 0 radical (unpaired) electrons. The first-order valence-electron chi connectivity index (χ1n) is 19.0. The van der Waals surface area contributed by atoms with E-state index in [1.54, 1.807) is 29.1 Å². The number of thiazole rings is 1. The zero-order chi connectivity index (χ0) is 40.1. The molecule has 1 aliphatic heterocycles. The normalized spacial score (nSPS) is 14.6. The molecule has 3 unspecified atom stereocenters. The number of amides is 5. The summed E-state index contributed by atoms with van der Waals surface area (Å²) in [5, 5.41) is 11.7. The molecule has 1 saturated heterocycles. The highest BCUT2D eigenvalue weighted by molar-refractivity contribution is 8.16. The largest absolute Gasteiger partial charge is 0.444 e. The molecule has 56 heavy (non-hydrogen) atoms. The number of aromatic nitrogens is 1. The summed E-state index contributed by atoms with van der Waals surface area (Å²) in [5.41, 5.74) is 3.74. The van der Waals surface area contributed by atoms with E-state index >= 15 is 0 Å². The zero-order valence-electron chi connectivity index (χ0n) is 32.6. The molecule has 0 saturated carbocycles. The Bertz CT molecular complexity index is 1690. The molecule has 5 amide bonds. The van der Waals surface area contributed by atoms with Crippen LogP contribution in [-0.4, -0.2) is 108 Å². The van der Waals surface area contributed by atoms with E-state index in [1.165, 1.54) is 28.0 Å². The van der Waals surface area contributed by atoms with Gasteiger partial charge in [0.2, 0.25) is 11.8 Å². The number of hydrogen-bond acceptors (Lipinski definition) is 10. The SMILES string of the molecule is C=CS/C(=N\CCN(C)C(=O)NC(CC(=O)N1CCOCC1)C(=O)NC(CCC(Cc1ccccc1)NC(=O)OCc1cncs1)Cc1ccccc1)C(C)C. The molecule has 0 bridgehead atoms. The van der Waals surface area contributed by atoms with Crippen molar-refractivity contribution < 1.29 is 28.7 Å². The maximum Gasteiger partial charge on any atom is 0.407 e. The first-order valence-corrected chi connectivity index (χ1v) is 20.7. The Morgan fingerprint density at radius 3 is 2.18 bits per heavy atom. The molecule has 0 spiro atoms. The second-order valence-electron chi connectivity index (χ2n) is 13.8. The van der Waals surface area contributed by atoms with Crippen molar-refractivity contribution in [2.75, 3.05) is 46.4 Å². The van der Waals surface area contributed by atoms with E-state index in [0.29, 0.717) is 65.1 Å². The smallest absolute Gasteiger partial charge is 0.407 e. The predicted molar refractivity (Wildman–Crippen MR) is 223 cm³/mol. The average Bonchev–Trinajstić information content (AvgIpc) is 3.73. The lowest BCUT2D eigenvalue weighted by Crippen LogP contribution is -2.55. The molecule has 2 aromatic carbocycles. The van der Waals surface area contributed by atoms with Gasteiger partial charge in [-0.05, 0) is 42.2 Å². The molecule has 3 N–H and O–H groups in total. The summed E-state index contributed by atoms with van der Waals surface area (Å²) < 4.78 is 10.9. The van der Waals surface area contributed by atoms with E-state index < -0.39 is 24.1 Å². The quantitative estimate of drug-likeness (QED) is 0.0975. The molecule has 1 aromatic heterocycles. The number of urea groups is 1. The van der Waals surface area contributed by atoms with E-state index in [9.17, 15) is 19.2 Å². The summed E-state index contributed by atoms with van der Waals surface area (Å²) in [6.07, 6.45) is 2.97. The minimum Gasteiger partial charge on any atom is -0.444 e. The van der Waals surface area contributed by atoms with Crippen molar-refractivity contribution in [2.24, 2.45) is 10.9 Å². The lowest BCUT2D eigenvalue weighted by atomic mass is 9.95. The Morgan fingerprint density at radius 2 is 1.61 bits per heavy atom. The van der Waals surface area contributed by atoms with Crippen LogP contribution in [0.1, 0.15) is 49.1 Å². The number of benzene rings is 2. The Labute approximate surface area is 338 Å². The van der Waals surface area contributed by atoms with Crippen LogP contribution in [0.15, 0.2) is 89.4 Å². The molecule has 1 aliphatic rings. The summed E-state index contributed by atoms with van der Waals surface area (Å²) in [7, 11) is 1.64. The molecule has 4 rings (SSSR count). The lowest BCUT2D eigenvalue weighted by molar-refractivity contribution is -0.138. The van der Waals surface area contributed by atoms with Crippen molar-refractivity contribution in [3.05, 3.63) is 100 Å². The van der Waals surface area contributed by atoms with Gasteiger partial charge in [0.25, 0.3) is 0 Å². The number of ether oxygens (including phenoxy) is 2. The Kier molecular flexibility index (Phi) is 18.9. The van der Waals surface area contributed by atoms with Gasteiger partial charge < -0.3 is 35.2 Å². The van der Waals surface area contributed by atoms with Crippen LogP contribution in [-0.2, 0) is 38.5 Å². The fourth-order valence-corrected chi connectivity index (χ4v) is 7.16. The second kappa shape index (κ2) is 24.0. The van der Waals surface area contributed by atoms with Gasteiger partial charge in [0.05, 0.1) is 41.6 Å². The molecule has 302 valence electrons. The molecule has 0 aliphatic carbocycles. The third-order valence-corrected chi connectivity index (χ3v) is 10.9. The third-order valence-electron chi connectivity index (χ3n) is 9.12. The van der Waals surface area contributed by atoms with Crippen LogP contribution in [0.25, 0.3) is 0 Å². The number of alkyl carbamates (subject to hydrolysis) is 1. The van der Waals surface area contributed by atoms with Gasteiger partial charge in [-0.25, -0.2) is 9.59 Å². The molecular formula is C41H55N7O6S2. The van der Waals surface area contributed by atoms with Crippen molar-refractivity contribution in [3.8, 4) is 0 Å². The number of aliphatic imine (C=N–C) groups is 1. The molecule has 3 atom stereocenters. The second-order valence-corrected chi connectivity index (χ2v) is 15.8. The number of rotatable bonds is 20. The molecule has 1 fully saturated rings. The molecule has 2 heterocycles. The molecule has 15 heteroatoms. The van der Waals surface area contributed by atoms with E-state index in [1.807, 2.05) is 74.5 Å². The number of nitrogens with zero attached hydrogens (tertiary/aromatic N) is 4. The number of hydrogen-bond donors (Lipinski definition) is 3. The van der Waals surface area contributed by atoms with Crippen LogP contribution < -0.4 is 16.0 Å². The van der Waals surface area contributed by atoms with Gasteiger partial charge in [0.1, 0.15) is 12.6 Å². The monoisotopic (exact) mass is 805 g/mol. The Morgan fingerprint density at radius 1 is 0.982 bits per heavy atom. The van der Waals surface area contributed by atoms with Gasteiger partial charge in [0.15, 0.2) is 0 Å². The van der Waals surface area contributed by atoms with Crippen LogP contribution in [0.4, 0.5) is 9.59 Å². The van der Waals surface area contributed by atoms with Crippen LogP contribution in [0.5, 0.6) is 0 Å².